The van der Waals surface area contributed by atoms with Crippen LogP contribution in [0.15, 0.2) is 24.3 Å². The fraction of sp³-hybridized carbons (Fsp3) is 0.467. The first-order valence-electron chi connectivity index (χ1n) is 6.33. The lowest BCUT2D eigenvalue weighted by atomic mass is 9.81. The highest BCUT2D eigenvalue weighted by atomic mass is 16.1. The van der Waals surface area contributed by atoms with E-state index in [4.69, 9.17) is 0 Å². The van der Waals surface area contributed by atoms with Crippen molar-refractivity contribution in [1.82, 2.24) is 5.32 Å². The van der Waals surface area contributed by atoms with Gasteiger partial charge in [-0.15, -0.1) is 0 Å². The number of rotatable bonds is 2. The maximum atomic E-state index is 11.2. The molecule has 1 aliphatic carbocycles. The maximum Gasteiger partial charge on any atom is 0.126 e. The summed E-state index contributed by atoms with van der Waals surface area (Å²) in [5, 5.41) is 3.54. The summed E-state index contributed by atoms with van der Waals surface area (Å²) in [6.45, 7) is 4.24. The fourth-order valence-electron chi connectivity index (χ4n) is 3.58. The average molecular weight is 243 g/mol. The number of aldehydes is 2. The summed E-state index contributed by atoms with van der Waals surface area (Å²) in [6.07, 6.45) is 2.76. The van der Waals surface area contributed by atoms with Gasteiger partial charge in [0.15, 0.2) is 0 Å². The maximum absolute atomic E-state index is 11.2. The zero-order valence-electron chi connectivity index (χ0n) is 10.6. The number of benzene rings is 1. The van der Waals surface area contributed by atoms with Crippen LogP contribution in [0.5, 0.6) is 0 Å². The number of carbonyl (C=O) groups is 2. The third-order valence-electron chi connectivity index (χ3n) is 4.26. The molecule has 0 saturated heterocycles. The summed E-state index contributed by atoms with van der Waals surface area (Å²) in [5.74, 6) is -0.452. The molecular weight excluding hydrogens is 226 g/mol. The van der Waals surface area contributed by atoms with E-state index in [1.54, 1.807) is 0 Å². The van der Waals surface area contributed by atoms with Gasteiger partial charge in [-0.1, -0.05) is 24.3 Å². The second-order valence-electron chi connectivity index (χ2n) is 6.04. The SMILES string of the molecule is CC1(C)Cc2ccccc2C2(N1)C(C=O)C2C=O. The molecule has 1 N–H and O–H groups in total. The highest BCUT2D eigenvalue weighted by molar-refractivity contribution is 5.79. The molecule has 0 radical (unpaired) electrons. The number of nitrogens with one attached hydrogen (secondary N) is 1. The number of hydrogen-bond acceptors (Lipinski definition) is 3. The minimum atomic E-state index is -0.457. The van der Waals surface area contributed by atoms with Crippen LogP contribution in [0.4, 0.5) is 0 Å². The van der Waals surface area contributed by atoms with Gasteiger partial charge in [-0.3, -0.25) is 0 Å². The van der Waals surface area contributed by atoms with Gasteiger partial charge in [-0.25, -0.2) is 0 Å². The van der Waals surface area contributed by atoms with Gasteiger partial charge in [0.25, 0.3) is 0 Å². The summed E-state index contributed by atoms with van der Waals surface area (Å²) < 4.78 is 0. The summed E-state index contributed by atoms with van der Waals surface area (Å²) in [5.41, 5.74) is 1.82. The van der Waals surface area contributed by atoms with E-state index in [0.717, 1.165) is 24.6 Å². The van der Waals surface area contributed by atoms with Gasteiger partial charge in [0.05, 0.1) is 5.54 Å². The summed E-state index contributed by atoms with van der Waals surface area (Å²) in [4.78, 5) is 22.5. The van der Waals surface area contributed by atoms with E-state index in [2.05, 4.69) is 25.2 Å². The Kier molecular flexibility index (Phi) is 2.26. The Morgan fingerprint density at radius 2 is 1.78 bits per heavy atom. The number of hydrogen-bond donors (Lipinski definition) is 1. The minimum absolute atomic E-state index is 0.0899. The molecule has 3 rings (SSSR count). The molecule has 0 amide bonds. The van der Waals surface area contributed by atoms with Crippen molar-refractivity contribution < 1.29 is 9.59 Å². The van der Waals surface area contributed by atoms with Crippen LogP contribution in [0.3, 0.4) is 0 Å². The molecular formula is C15H17NO2. The molecule has 0 aromatic heterocycles. The highest BCUT2D eigenvalue weighted by Crippen LogP contribution is 2.59. The molecule has 3 heteroatoms. The Labute approximate surface area is 107 Å². The first-order chi connectivity index (χ1) is 8.55. The van der Waals surface area contributed by atoms with Gasteiger partial charge in [0, 0.05) is 17.4 Å². The Hall–Kier alpha value is -1.48. The van der Waals surface area contributed by atoms with Crippen LogP contribution in [0, 0.1) is 11.8 Å². The monoisotopic (exact) mass is 243 g/mol. The van der Waals surface area contributed by atoms with Gasteiger partial charge in [0.1, 0.15) is 12.6 Å². The Morgan fingerprint density at radius 3 is 2.39 bits per heavy atom. The van der Waals surface area contributed by atoms with E-state index in [1.807, 2.05) is 18.2 Å². The normalized spacial score (nSPS) is 35.9. The minimum Gasteiger partial charge on any atom is -0.303 e. The Morgan fingerprint density at radius 1 is 1.17 bits per heavy atom. The molecule has 1 aromatic carbocycles. The highest BCUT2D eigenvalue weighted by Gasteiger charge is 2.68. The van der Waals surface area contributed by atoms with Crippen LogP contribution in [0.2, 0.25) is 0 Å². The van der Waals surface area contributed by atoms with Crippen molar-refractivity contribution in [3.63, 3.8) is 0 Å². The lowest BCUT2D eigenvalue weighted by Crippen LogP contribution is -2.53. The van der Waals surface area contributed by atoms with Gasteiger partial charge < -0.3 is 14.9 Å². The van der Waals surface area contributed by atoms with Crippen molar-refractivity contribution in [1.29, 1.82) is 0 Å². The third-order valence-corrected chi connectivity index (χ3v) is 4.26. The molecule has 1 fully saturated rings. The molecule has 2 atom stereocenters. The molecule has 1 saturated carbocycles. The molecule has 1 spiro atoms. The Balaban J connectivity index is 2.16. The first-order valence-corrected chi connectivity index (χ1v) is 6.33. The van der Waals surface area contributed by atoms with Crippen molar-refractivity contribution >= 4 is 12.6 Å². The zero-order chi connectivity index (χ0) is 13.0. The van der Waals surface area contributed by atoms with Crippen molar-refractivity contribution in [2.45, 2.75) is 31.3 Å². The van der Waals surface area contributed by atoms with Gasteiger partial charge in [-0.05, 0) is 31.4 Å². The predicted molar refractivity (Wildman–Crippen MR) is 68.1 cm³/mol. The standard InChI is InChI=1S/C15H17NO2/c1-14(2)7-10-5-3-4-6-11(10)15(16-14)12(8-17)13(15)9-18/h3-6,8-9,12-13,16H,7H2,1-2H3. The molecule has 18 heavy (non-hydrogen) atoms. The lowest BCUT2D eigenvalue weighted by molar-refractivity contribution is -0.112. The van der Waals surface area contributed by atoms with Crippen molar-refractivity contribution in [3.05, 3.63) is 35.4 Å². The van der Waals surface area contributed by atoms with Crippen LogP contribution in [-0.4, -0.2) is 18.1 Å². The van der Waals surface area contributed by atoms with Crippen LogP contribution >= 0.6 is 0 Å². The average Bonchev–Trinajstić information content (AvgIpc) is 2.94. The van der Waals surface area contributed by atoms with E-state index in [9.17, 15) is 9.59 Å². The quantitative estimate of drug-likeness (QED) is 0.800. The second-order valence-corrected chi connectivity index (χ2v) is 6.04. The Bertz CT molecular complexity index is 507. The topological polar surface area (TPSA) is 46.2 Å². The van der Waals surface area contributed by atoms with Gasteiger partial charge in [-0.2, -0.15) is 0 Å². The van der Waals surface area contributed by atoms with Crippen molar-refractivity contribution in [2.75, 3.05) is 0 Å². The second kappa shape index (κ2) is 3.51. The molecule has 2 aliphatic rings. The van der Waals surface area contributed by atoms with E-state index in [0.29, 0.717) is 0 Å². The molecule has 0 bridgehead atoms. The van der Waals surface area contributed by atoms with Crippen LogP contribution < -0.4 is 5.32 Å². The van der Waals surface area contributed by atoms with E-state index in [-0.39, 0.29) is 17.4 Å². The lowest BCUT2D eigenvalue weighted by Gasteiger charge is -2.40. The fourth-order valence-corrected chi connectivity index (χ4v) is 3.58. The van der Waals surface area contributed by atoms with Crippen LogP contribution in [0.1, 0.15) is 25.0 Å². The van der Waals surface area contributed by atoms with Crippen molar-refractivity contribution in [3.8, 4) is 0 Å². The van der Waals surface area contributed by atoms with Crippen molar-refractivity contribution in [2.24, 2.45) is 11.8 Å². The number of carbonyl (C=O) groups excluding carboxylic acids is 2. The summed E-state index contributed by atoms with van der Waals surface area (Å²) in [7, 11) is 0. The largest absolute Gasteiger partial charge is 0.303 e. The summed E-state index contributed by atoms with van der Waals surface area (Å²) >= 11 is 0. The zero-order valence-corrected chi connectivity index (χ0v) is 10.6. The number of fused-ring (bicyclic) bond motifs is 2. The molecule has 3 nitrogen and oxygen atoms in total. The van der Waals surface area contributed by atoms with Gasteiger partial charge >= 0.3 is 0 Å². The van der Waals surface area contributed by atoms with Gasteiger partial charge in [0.2, 0.25) is 0 Å². The molecule has 1 aromatic rings. The molecule has 1 aliphatic heterocycles. The third kappa shape index (κ3) is 1.34. The van der Waals surface area contributed by atoms with E-state index >= 15 is 0 Å². The van der Waals surface area contributed by atoms with Crippen LogP contribution in [-0.2, 0) is 21.5 Å². The molecule has 94 valence electrons. The molecule has 1 heterocycles. The van der Waals surface area contributed by atoms with E-state index in [1.165, 1.54) is 5.56 Å². The first kappa shape index (κ1) is 11.6. The summed E-state index contributed by atoms with van der Waals surface area (Å²) in [6, 6.07) is 8.13. The predicted octanol–water partition coefficient (Wildman–Crippen LogP) is 1.45. The smallest absolute Gasteiger partial charge is 0.126 e. The van der Waals surface area contributed by atoms with E-state index < -0.39 is 5.54 Å². The molecule has 2 unspecified atom stereocenters. The van der Waals surface area contributed by atoms with Crippen LogP contribution in [0.25, 0.3) is 0 Å².